The fraction of sp³-hybridized carbons (Fsp3) is 0.417. The molecule has 0 aliphatic rings. The lowest BCUT2D eigenvalue weighted by atomic mass is 10.2. The van der Waals surface area contributed by atoms with Crippen molar-refractivity contribution in [1.82, 2.24) is 4.98 Å². The number of rotatable bonds is 5. The van der Waals surface area contributed by atoms with E-state index >= 15 is 0 Å². The van der Waals surface area contributed by atoms with Crippen molar-refractivity contribution in [2.45, 2.75) is 26.7 Å². The average molecular weight is 207 g/mol. The Morgan fingerprint density at radius 1 is 1.43 bits per heavy atom. The Morgan fingerprint density at radius 3 is 2.93 bits per heavy atom. The third-order valence-corrected chi connectivity index (χ3v) is 2.76. The van der Waals surface area contributed by atoms with Gasteiger partial charge in [0.05, 0.1) is 0 Å². The summed E-state index contributed by atoms with van der Waals surface area (Å²) in [6, 6.07) is 4.13. The highest BCUT2D eigenvalue weighted by molar-refractivity contribution is 8.02. The number of hydrogen-bond donors (Lipinski definition) is 0. The lowest BCUT2D eigenvalue weighted by Gasteiger charge is -1.94. The fourth-order valence-electron chi connectivity index (χ4n) is 1.00. The topological polar surface area (TPSA) is 12.9 Å². The molecule has 0 atom stereocenters. The zero-order valence-corrected chi connectivity index (χ0v) is 9.68. The van der Waals surface area contributed by atoms with Crippen molar-refractivity contribution >= 4 is 17.8 Å². The summed E-state index contributed by atoms with van der Waals surface area (Å²) >= 11 is 1.87. The molecule has 0 fully saturated rings. The van der Waals surface area contributed by atoms with Gasteiger partial charge in [-0.3, -0.25) is 4.98 Å². The van der Waals surface area contributed by atoms with E-state index in [1.54, 1.807) is 0 Å². The second-order valence-corrected chi connectivity index (χ2v) is 4.27. The lowest BCUT2D eigenvalue weighted by Crippen LogP contribution is -1.79. The van der Waals surface area contributed by atoms with Crippen LogP contribution in [-0.4, -0.2) is 10.7 Å². The van der Waals surface area contributed by atoms with E-state index in [2.05, 4.69) is 29.5 Å². The van der Waals surface area contributed by atoms with Crippen molar-refractivity contribution in [2.75, 3.05) is 5.75 Å². The molecule has 14 heavy (non-hydrogen) atoms. The van der Waals surface area contributed by atoms with Crippen LogP contribution in [0.2, 0.25) is 0 Å². The van der Waals surface area contributed by atoms with E-state index in [1.807, 2.05) is 30.9 Å². The largest absolute Gasteiger partial charge is 0.261 e. The number of thioether (sulfide) groups is 1. The molecule has 2 heteroatoms. The maximum absolute atomic E-state index is 4.23. The Bertz CT molecular complexity index is 277. The van der Waals surface area contributed by atoms with Gasteiger partial charge in [0, 0.05) is 11.9 Å². The highest BCUT2D eigenvalue weighted by Gasteiger charge is 1.87. The van der Waals surface area contributed by atoms with E-state index < -0.39 is 0 Å². The highest BCUT2D eigenvalue weighted by Crippen LogP contribution is 2.09. The predicted molar refractivity (Wildman–Crippen MR) is 65.4 cm³/mol. The molecule has 0 aliphatic carbocycles. The van der Waals surface area contributed by atoms with Crippen molar-refractivity contribution in [3.05, 3.63) is 35.0 Å². The minimum Gasteiger partial charge on any atom is -0.261 e. The van der Waals surface area contributed by atoms with Crippen LogP contribution in [-0.2, 0) is 0 Å². The molecule has 0 spiro atoms. The molecular weight excluding hydrogens is 190 g/mol. The molecule has 0 amide bonds. The number of hydrogen-bond acceptors (Lipinski definition) is 2. The minimum absolute atomic E-state index is 1.07. The summed E-state index contributed by atoms with van der Waals surface area (Å²) in [5.41, 5.74) is 2.25. The Labute approximate surface area is 90.6 Å². The number of aryl methyl sites for hydroxylation is 1. The summed E-state index contributed by atoms with van der Waals surface area (Å²) in [6.45, 7) is 4.22. The average Bonchev–Trinajstić information content (AvgIpc) is 2.21. The van der Waals surface area contributed by atoms with Gasteiger partial charge < -0.3 is 0 Å². The second kappa shape index (κ2) is 6.66. The number of nitrogens with zero attached hydrogens (tertiary/aromatic N) is 1. The van der Waals surface area contributed by atoms with E-state index in [1.165, 1.54) is 24.2 Å². The highest BCUT2D eigenvalue weighted by atomic mass is 32.2. The Balaban J connectivity index is 2.33. The Hall–Kier alpha value is -0.760. The first-order valence-corrected chi connectivity index (χ1v) is 6.08. The summed E-state index contributed by atoms with van der Waals surface area (Å²) < 4.78 is 0. The van der Waals surface area contributed by atoms with Gasteiger partial charge in [-0.15, -0.1) is 11.8 Å². The molecule has 0 saturated carbocycles. The molecule has 1 rings (SSSR count). The van der Waals surface area contributed by atoms with Crippen LogP contribution < -0.4 is 0 Å². The van der Waals surface area contributed by atoms with E-state index in [-0.39, 0.29) is 0 Å². The maximum atomic E-state index is 4.23. The van der Waals surface area contributed by atoms with Crippen molar-refractivity contribution in [3.8, 4) is 0 Å². The first-order chi connectivity index (χ1) is 6.83. The fourth-order valence-corrected chi connectivity index (χ4v) is 1.85. The molecule has 0 bridgehead atoms. The van der Waals surface area contributed by atoms with Crippen LogP contribution in [0.15, 0.2) is 23.7 Å². The van der Waals surface area contributed by atoms with Crippen LogP contribution in [0.25, 0.3) is 6.08 Å². The quantitative estimate of drug-likeness (QED) is 0.679. The first kappa shape index (κ1) is 11.3. The number of aromatic nitrogens is 1. The molecule has 1 heterocycles. The van der Waals surface area contributed by atoms with Crippen molar-refractivity contribution in [3.63, 3.8) is 0 Å². The monoisotopic (exact) mass is 207 g/mol. The SMILES string of the molecule is CCCCSC=Cc1ccc(C)nc1. The van der Waals surface area contributed by atoms with E-state index in [9.17, 15) is 0 Å². The van der Waals surface area contributed by atoms with E-state index in [0.29, 0.717) is 0 Å². The summed E-state index contributed by atoms with van der Waals surface area (Å²) in [6.07, 6.45) is 6.59. The van der Waals surface area contributed by atoms with Gasteiger partial charge >= 0.3 is 0 Å². The zero-order chi connectivity index (χ0) is 10.2. The van der Waals surface area contributed by atoms with Crippen molar-refractivity contribution < 1.29 is 0 Å². The molecule has 0 aliphatic heterocycles. The molecule has 1 aromatic rings. The summed E-state index contributed by atoms with van der Waals surface area (Å²) in [4.78, 5) is 4.23. The number of unbranched alkanes of at least 4 members (excludes halogenated alkanes) is 1. The molecule has 0 unspecified atom stereocenters. The maximum Gasteiger partial charge on any atom is 0.0373 e. The third kappa shape index (κ3) is 4.47. The van der Waals surface area contributed by atoms with E-state index in [4.69, 9.17) is 0 Å². The predicted octanol–water partition coefficient (Wildman–Crippen LogP) is 3.89. The van der Waals surface area contributed by atoms with Crippen LogP contribution >= 0.6 is 11.8 Å². The molecule has 1 aromatic heterocycles. The third-order valence-electron chi connectivity index (χ3n) is 1.91. The van der Waals surface area contributed by atoms with Crippen LogP contribution in [0.4, 0.5) is 0 Å². The Kier molecular flexibility index (Phi) is 5.38. The second-order valence-electron chi connectivity index (χ2n) is 3.26. The van der Waals surface area contributed by atoms with Crippen LogP contribution in [0.1, 0.15) is 31.0 Å². The zero-order valence-electron chi connectivity index (χ0n) is 8.86. The number of pyridine rings is 1. The summed E-state index contributed by atoms with van der Waals surface area (Å²) in [5, 5.41) is 2.15. The minimum atomic E-state index is 1.07. The van der Waals surface area contributed by atoms with Crippen LogP contribution in [0.5, 0.6) is 0 Å². The molecular formula is C12H17NS. The van der Waals surface area contributed by atoms with Gasteiger partial charge in [-0.1, -0.05) is 19.4 Å². The van der Waals surface area contributed by atoms with Gasteiger partial charge in [-0.05, 0) is 42.2 Å². The first-order valence-electron chi connectivity index (χ1n) is 5.03. The molecule has 0 radical (unpaired) electrons. The smallest absolute Gasteiger partial charge is 0.0373 e. The van der Waals surface area contributed by atoms with Gasteiger partial charge in [-0.2, -0.15) is 0 Å². The summed E-state index contributed by atoms with van der Waals surface area (Å²) in [5.74, 6) is 1.21. The van der Waals surface area contributed by atoms with E-state index in [0.717, 1.165) is 5.69 Å². The van der Waals surface area contributed by atoms with Crippen molar-refractivity contribution in [1.29, 1.82) is 0 Å². The van der Waals surface area contributed by atoms with Crippen molar-refractivity contribution in [2.24, 2.45) is 0 Å². The lowest BCUT2D eigenvalue weighted by molar-refractivity contribution is 0.898. The molecule has 0 N–H and O–H groups in total. The van der Waals surface area contributed by atoms with Gasteiger partial charge in [0.15, 0.2) is 0 Å². The summed E-state index contributed by atoms with van der Waals surface area (Å²) in [7, 11) is 0. The van der Waals surface area contributed by atoms with Gasteiger partial charge in [-0.25, -0.2) is 0 Å². The Morgan fingerprint density at radius 2 is 2.29 bits per heavy atom. The molecule has 1 nitrogen and oxygen atoms in total. The van der Waals surface area contributed by atoms with Gasteiger partial charge in [0.1, 0.15) is 0 Å². The standard InChI is InChI=1S/C12H17NS/c1-3-4-8-14-9-7-12-6-5-11(2)13-10-12/h5-7,9-10H,3-4,8H2,1-2H3. The normalized spacial score (nSPS) is 11.0. The molecule has 0 saturated heterocycles. The van der Waals surface area contributed by atoms with Gasteiger partial charge in [0.25, 0.3) is 0 Å². The van der Waals surface area contributed by atoms with Crippen LogP contribution in [0, 0.1) is 6.92 Å². The van der Waals surface area contributed by atoms with Gasteiger partial charge in [0.2, 0.25) is 0 Å². The molecule has 76 valence electrons. The van der Waals surface area contributed by atoms with Crippen LogP contribution in [0.3, 0.4) is 0 Å². The molecule has 0 aromatic carbocycles.